The Balaban J connectivity index is 2.60. The maximum atomic E-state index is 10.9. The minimum absolute atomic E-state index is 0.0323. The molecule has 0 aliphatic heterocycles. The van der Waals surface area contributed by atoms with Crippen molar-refractivity contribution in [3.05, 3.63) is 23.8 Å². The lowest BCUT2D eigenvalue weighted by molar-refractivity contribution is -0.133. The molecule has 114 valence electrons. The van der Waals surface area contributed by atoms with Crippen LogP contribution in [-0.4, -0.2) is 26.4 Å². The number of hydrogen-bond acceptors (Lipinski definition) is 3. The molecule has 0 atom stereocenters. The number of imidazole rings is 1. The second kappa shape index (κ2) is 6.10. The van der Waals surface area contributed by atoms with E-state index in [2.05, 4.69) is 31.4 Å². The molecule has 2 rings (SSSR count). The summed E-state index contributed by atoms with van der Waals surface area (Å²) in [5.74, 6) is -0.784. The minimum atomic E-state index is -0.816. The van der Waals surface area contributed by atoms with Crippen LogP contribution in [0.25, 0.3) is 11.0 Å². The molecule has 2 aromatic rings. The molecule has 0 aliphatic rings. The summed E-state index contributed by atoms with van der Waals surface area (Å²) in [5.41, 5.74) is 3.09. The molecule has 0 saturated carbocycles. The second-order valence-corrected chi connectivity index (χ2v) is 6.86. The SMILES string of the molecule is CCCC(C)(C)n1c(SCC(=O)O)nc2c(C)cccc21. The third-order valence-electron chi connectivity index (χ3n) is 3.65. The van der Waals surface area contributed by atoms with Crippen LogP contribution in [0.4, 0.5) is 0 Å². The van der Waals surface area contributed by atoms with Crippen LogP contribution in [0.1, 0.15) is 39.2 Å². The predicted octanol–water partition coefficient (Wildman–Crippen LogP) is 4.06. The van der Waals surface area contributed by atoms with Gasteiger partial charge in [0.25, 0.3) is 0 Å². The van der Waals surface area contributed by atoms with Gasteiger partial charge in [0.15, 0.2) is 5.16 Å². The lowest BCUT2D eigenvalue weighted by Crippen LogP contribution is -2.26. The van der Waals surface area contributed by atoms with E-state index in [0.29, 0.717) is 0 Å². The van der Waals surface area contributed by atoms with Gasteiger partial charge in [0.2, 0.25) is 0 Å². The van der Waals surface area contributed by atoms with E-state index in [9.17, 15) is 4.79 Å². The molecule has 0 spiro atoms. The highest BCUT2D eigenvalue weighted by molar-refractivity contribution is 7.99. The minimum Gasteiger partial charge on any atom is -0.481 e. The topological polar surface area (TPSA) is 55.1 Å². The Morgan fingerprint density at radius 1 is 1.43 bits per heavy atom. The van der Waals surface area contributed by atoms with Crippen molar-refractivity contribution in [2.75, 3.05) is 5.75 Å². The van der Waals surface area contributed by atoms with Crippen LogP contribution in [0, 0.1) is 6.92 Å². The van der Waals surface area contributed by atoms with Gasteiger partial charge in [0.1, 0.15) is 0 Å². The molecule has 1 aromatic heterocycles. The Morgan fingerprint density at radius 3 is 2.76 bits per heavy atom. The number of carboxylic acid groups (broad SMARTS) is 1. The van der Waals surface area contributed by atoms with Gasteiger partial charge in [-0.2, -0.15) is 0 Å². The fourth-order valence-electron chi connectivity index (χ4n) is 2.75. The summed E-state index contributed by atoms with van der Waals surface area (Å²) in [6, 6.07) is 6.14. The van der Waals surface area contributed by atoms with Crippen molar-refractivity contribution >= 4 is 28.8 Å². The summed E-state index contributed by atoms with van der Waals surface area (Å²) in [4.78, 5) is 15.6. The molecule has 0 radical (unpaired) electrons. The molecule has 0 saturated heterocycles. The summed E-state index contributed by atoms with van der Waals surface area (Å²) >= 11 is 1.29. The van der Waals surface area contributed by atoms with E-state index in [1.54, 1.807) is 0 Å². The van der Waals surface area contributed by atoms with Gasteiger partial charge in [-0.1, -0.05) is 37.2 Å². The van der Waals surface area contributed by atoms with E-state index in [4.69, 9.17) is 10.1 Å². The number of aromatic nitrogens is 2. The summed E-state index contributed by atoms with van der Waals surface area (Å²) in [5, 5.41) is 9.74. The molecule has 5 heteroatoms. The average Bonchev–Trinajstić information content (AvgIpc) is 2.77. The van der Waals surface area contributed by atoms with E-state index in [1.807, 2.05) is 19.1 Å². The van der Waals surface area contributed by atoms with E-state index < -0.39 is 5.97 Å². The zero-order valence-corrected chi connectivity index (χ0v) is 13.8. The van der Waals surface area contributed by atoms with Crippen LogP contribution >= 0.6 is 11.8 Å². The van der Waals surface area contributed by atoms with Crippen molar-refractivity contribution in [3.63, 3.8) is 0 Å². The predicted molar refractivity (Wildman–Crippen MR) is 87.1 cm³/mol. The zero-order chi connectivity index (χ0) is 15.6. The Labute approximate surface area is 129 Å². The number of carbonyl (C=O) groups is 1. The molecule has 0 bridgehead atoms. The first kappa shape index (κ1) is 15.9. The fraction of sp³-hybridized carbons (Fsp3) is 0.500. The quantitative estimate of drug-likeness (QED) is 0.818. The van der Waals surface area contributed by atoms with Crippen LogP contribution in [-0.2, 0) is 10.3 Å². The van der Waals surface area contributed by atoms with Gasteiger partial charge < -0.3 is 9.67 Å². The Kier molecular flexibility index (Phi) is 4.61. The van der Waals surface area contributed by atoms with Crippen molar-refractivity contribution < 1.29 is 9.90 Å². The second-order valence-electron chi connectivity index (χ2n) is 5.92. The maximum absolute atomic E-state index is 10.9. The summed E-state index contributed by atoms with van der Waals surface area (Å²) < 4.78 is 2.20. The molecule has 4 nitrogen and oxygen atoms in total. The van der Waals surface area contributed by atoms with Crippen molar-refractivity contribution in [3.8, 4) is 0 Å². The number of para-hydroxylation sites is 1. The van der Waals surface area contributed by atoms with Gasteiger partial charge in [-0.25, -0.2) is 4.98 Å². The lowest BCUT2D eigenvalue weighted by atomic mass is 9.98. The van der Waals surface area contributed by atoms with Gasteiger partial charge in [-0.15, -0.1) is 0 Å². The third-order valence-corrected chi connectivity index (χ3v) is 4.57. The van der Waals surface area contributed by atoms with Gasteiger partial charge in [0, 0.05) is 5.54 Å². The number of aryl methyl sites for hydroxylation is 1. The molecule has 1 heterocycles. The normalized spacial score (nSPS) is 12.0. The smallest absolute Gasteiger partial charge is 0.313 e. The first-order valence-corrected chi connectivity index (χ1v) is 8.18. The number of nitrogens with zero attached hydrogens (tertiary/aromatic N) is 2. The molecule has 1 aromatic carbocycles. The number of thioether (sulfide) groups is 1. The molecular formula is C16H22N2O2S. The average molecular weight is 306 g/mol. The molecule has 1 N–H and O–H groups in total. The van der Waals surface area contributed by atoms with Crippen molar-refractivity contribution in [1.82, 2.24) is 9.55 Å². The van der Waals surface area contributed by atoms with E-state index >= 15 is 0 Å². The molecule has 0 amide bonds. The number of hydrogen-bond donors (Lipinski definition) is 1. The van der Waals surface area contributed by atoms with Gasteiger partial charge in [-0.05, 0) is 38.8 Å². The van der Waals surface area contributed by atoms with Gasteiger partial charge >= 0.3 is 5.97 Å². The highest BCUT2D eigenvalue weighted by atomic mass is 32.2. The largest absolute Gasteiger partial charge is 0.481 e. The maximum Gasteiger partial charge on any atom is 0.313 e. The van der Waals surface area contributed by atoms with E-state index in [-0.39, 0.29) is 11.3 Å². The van der Waals surface area contributed by atoms with Gasteiger partial charge in [-0.3, -0.25) is 4.79 Å². The van der Waals surface area contributed by atoms with Crippen LogP contribution in [0.3, 0.4) is 0 Å². The standard InChI is InChI=1S/C16H22N2O2S/c1-5-9-16(3,4)18-12-8-6-7-11(2)14(12)17-15(18)21-10-13(19)20/h6-8H,5,9-10H2,1-4H3,(H,19,20). The molecular weight excluding hydrogens is 284 g/mol. The highest BCUT2D eigenvalue weighted by Gasteiger charge is 2.26. The van der Waals surface area contributed by atoms with Crippen molar-refractivity contribution in [2.24, 2.45) is 0 Å². The molecule has 21 heavy (non-hydrogen) atoms. The number of benzene rings is 1. The first-order valence-electron chi connectivity index (χ1n) is 7.20. The number of carboxylic acids is 1. The number of fused-ring (bicyclic) bond motifs is 1. The van der Waals surface area contributed by atoms with E-state index in [0.717, 1.165) is 34.6 Å². The summed E-state index contributed by atoms with van der Waals surface area (Å²) in [6.07, 6.45) is 2.09. The first-order chi connectivity index (χ1) is 9.86. The number of rotatable bonds is 6. The van der Waals surface area contributed by atoms with Crippen LogP contribution < -0.4 is 0 Å². The number of aliphatic carboxylic acids is 1. The molecule has 0 aliphatic carbocycles. The van der Waals surface area contributed by atoms with Crippen LogP contribution in [0.15, 0.2) is 23.4 Å². The monoisotopic (exact) mass is 306 g/mol. The zero-order valence-electron chi connectivity index (χ0n) is 13.0. The third kappa shape index (κ3) is 3.23. The summed E-state index contributed by atoms with van der Waals surface area (Å²) in [6.45, 7) is 8.57. The Morgan fingerprint density at radius 2 is 2.14 bits per heavy atom. The van der Waals surface area contributed by atoms with Gasteiger partial charge in [0.05, 0.1) is 16.8 Å². The summed E-state index contributed by atoms with van der Waals surface area (Å²) in [7, 11) is 0. The Hall–Kier alpha value is -1.49. The van der Waals surface area contributed by atoms with Crippen molar-refractivity contribution in [1.29, 1.82) is 0 Å². The van der Waals surface area contributed by atoms with Crippen LogP contribution in [0.2, 0.25) is 0 Å². The highest BCUT2D eigenvalue weighted by Crippen LogP contribution is 2.34. The molecule has 0 unspecified atom stereocenters. The lowest BCUT2D eigenvalue weighted by Gasteiger charge is -2.29. The molecule has 0 fully saturated rings. The van der Waals surface area contributed by atoms with Crippen molar-refractivity contribution in [2.45, 2.75) is 51.2 Å². The Bertz CT molecular complexity index is 662. The fourth-order valence-corrected chi connectivity index (χ4v) is 3.63. The van der Waals surface area contributed by atoms with E-state index in [1.165, 1.54) is 11.8 Å². The van der Waals surface area contributed by atoms with Crippen LogP contribution in [0.5, 0.6) is 0 Å².